The van der Waals surface area contributed by atoms with Crippen LogP contribution in [0.15, 0.2) is 12.7 Å². The van der Waals surface area contributed by atoms with Crippen molar-refractivity contribution < 1.29 is 0 Å². The predicted molar refractivity (Wildman–Crippen MR) is 35.9 cm³/mol. The first-order valence-electron chi connectivity index (χ1n) is 1.52. The van der Waals surface area contributed by atoms with Crippen LogP contribution in [0.25, 0.3) is 0 Å². The summed E-state index contributed by atoms with van der Waals surface area (Å²) in [6, 6.07) is 0. The molecule has 0 aliphatic heterocycles. The third-order valence-corrected chi connectivity index (χ3v) is 0.289. The molecule has 1 heteroatoms. The fourth-order valence-corrected chi connectivity index (χ4v) is 0. The largest absolute Gasteiger partial charge is 0.107 e. The Labute approximate surface area is 50.3 Å². The number of hydrogen-bond donors (Lipinski definition) is 0. The molecule has 32 valence electrons. The zero-order valence-electron chi connectivity index (χ0n) is 3.40. The van der Waals surface area contributed by atoms with Gasteiger partial charge in [-0.3, -0.25) is 0 Å². The molecule has 0 fully saturated rings. The van der Waals surface area contributed by atoms with Gasteiger partial charge in [-0.05, 0) is 6.42 Å². The van der Waals surface area contributed by atoms with Crippen molar-refractivity contribution in [1.82, 2.24) is 0 Å². The highest BCUT2D eigenvalue weighted by Crippen LogP contribution is 1.66. The van der Waals surface area contributed by atoms with E-state index in [1.807, 2.05) is 6.08 Å². The molecule has 0 amide bonds. The Morgan fingerprint density at radius 2 is 2.00 bits per heavy atom. The average molecular weight is 184 g/mol. The molecule has 5 heavy (non-hydrogen) atoms. The van der Waals surface area contributed by atoms with E-state index < -0.39 is 0 Å². The number of rotatable bonds is 1. The minimum Gasteiger partial charge on any atom is -0.107 e. The lowest BCUT2D eigenvalue weighted by Crippen LogP contribution is -1.36. The van der Waals surface area contributed by atoms with E-state index in [1.165, 1.54) is 0 Å². The molecule has 0 aliphatic carbocycles. The van der Waals surface area contributed by atoms with Crippen molar-refractivity contribution in [2.45, 2.75) is 13.3 Å². The van der Waals surface area contributed by atoms with Crippen LogP contribution in [-0.2, 0) is 0 Å². The molecule has 0 atom stereocenters. The summed E-state index contributed by atoms with van der Waals surface area (Å²) in [5.41, 5.74) is 0. The van der Waals surface area contributed by atoms with Crippen LogP contribution < -0.4 is 0 Å². The van der Waals surface area contributed by atoms with Crippen molar-refractivity contribution in [2.24, 2.45) is 0 Å². The maximum atomic E-state index is 3.48. The third kappa shape index (κ3) is 12.6. The Kier molecular flexibility index (Phi) is 16.0. The Morgan fingerprint density at radius 3 is 2.00 bits per heavy atom. The molecule has 0 N–H and O–H groups in total. The molecule has 0 bridgehead atoms. The van der Waals surface area contributed by atoms with Crippen LogP contribution in [-0.4, -0.2) is 0 Å². The summed E-state index contributed by atoms with van der Waals surface area (Å²) >= 11 is 0. The number of halogens is 1. The lowest BCUT2D eigenvalue weighted by molar-refractivity contribution is 1.23. The van der Waals surface area contributed by atoms with Crippen LogP contribution in [0.1, 0.15) is 13.3 Å². The van der Waals surface area contributed by atoms with Gasteiger partial charge >= 0.3 is 0 Å². The average Bonchev–Trinajstić information content (AvgIpc) is 1.37. The van der Waals surface area contributed by atoms with Crippen LogP contribution in [0.3, 0.4) is 0 Å². The summed E-state index contributed by atoms with van der Waals surface area (Å²) in [5.74, 6) is 0. The maximum absolute atomic E-state index is 3.48. The van der Waals surface area contributed by atoms with Gasteiger partial charge in [0, 0.05) is 0 Å². The zero-order valence-corrected chi connectivity index (χ0v) is 5.73. The highest BCUT2D eigenvalue weighted by atomic mass is 127. The molecule has 0 spiro atoms. The van der Waals surface area contributed by atoms with Crippen molar-refractivity contribution in [2.75, 3.05) is 0 Å². The molecule has 0 radical (unpaired) electrons. The van der Waals surface area contributed by atoms with Gasteiger partial charge in [0.25, 0.3) is 0 Å². The molecule has 0 heterocycles. The second kappa shape index (κ2) is 8.82. The van der Waals surface area contributed by atoms with Gasteiger partial charge in [-0.1, -0.05) is 13.0 Å². The quantitative estimate of drug-likeness (QED) is 0.432. The monoisotopic (exact) mass is 184 g/mol. The van der Waals surface area contributed by atoms with E-state index in [9.17, 15) is 0 Å². The second-order valence-electron chi connectivity index (χ2n) is 0.697. The van der Waals surface area contributed by atoms with Crippen LogP contribution in [0.5, 0.6) is 0 Å². The first kappa shape index (κ1) is 9.08. The van der Waals surface area contributed by atoms with Crippen molar-refractivity contribution in [3.63, 3.8) is 0 Å². The van der Waals surface area contributed by atoms with E-state index in [2.05, 4.69) is 13.5 Å². The summed E-state index contributed by atoms with van der Waals surface area (Å²) in [4.78, 5) is 0. The third-order valence-electron chi connectivity index (χ3n) is 0.289. The molecule has 0 aromatic rings. The lowest BCUT2D eigenvalue weighted by atomic mass is 10.5. The highest BCUT2D eigenvalue weighted by molar-refractivity contribution is 14.0. The van der Waals surface area contributed by atoms with Crippen molar-refractivity contribution >= 4 is 24.0 Å². The summed E-state index contributed by atoms with van der Waals surface area (Å²) in [7, 11) is 0. The number of hydrogen-bond acceptors (Lipinski definition) is 0. The Morgan fingerprint density at radius 1 is 1.80 bits per heavy atom. The predicted octanol–water partition coefficient (Wildman–Crippen LogP) is 2.20. The molecule has 0 nitrogen and oxygen atoms in total. The van der Waals surface area contributed by atoms with Crippen LogP contribution in [0, 0.1) is 0 Å². The summed E-state index contributed by atoms with van der Waals surface area (Å²) < 4.78 is 0. The van der Waals surface area contributed by atoms with E-state index in [-0.39, 0.29) is 24.0 Å². The molecule has 0 aliphatic rings. The minimum absolute atomic E-state index is 0. The van der Waals surface area contributed by atoms with Gasteiger partial charge in [0.15, 0.2) is 0 Å². The number of allylic oxidation sites excluding steroid dienone is 1. The standard InChI is InChI=1S/C4H8.HI/c1-3-4-2;/h3H,1,4H2,2H3;1H. The van der Waals surface area contributed by atoms with Gasteiger partial charge in [0.2, 0.25) is 0 Å². The molecular weight excluding hydrogens is 175 g/mol. The van der Waals surface area contributed by atoms with Crippen LogP contribution >= 0.6 is 24.0 Å². The molecule has 0 aromatic heterocycles. The fourth-order valence-electron chi connectivity index (χ4n) is 0. The Bertz CT molecular complexity index is 17.6. The fraction of sp³-hybridized carbons (Fsp3) is 0.500. The highest BCUT2D eigenvalue weighted by Gasteiger charge is 1.45. The van der Waals surface area contributed by atoms with Gasteiger partial charge in [-0.25, -0.2) is 0 Å². The molecule has 0 saturated heterocycles. The summed E-state index contributed by atoms with van der Waals surface area (Å²) in [5, 5.41) is 0. The Hall–Kier alpha value is 0.470. The zero-order chi connectivity index (χ0) is 3.41. The maximum Gasteiger partial charge on any atom is -0.0382 e. The SMILES string of the molecule is C=CCC.I. The van der Waals surface area contributed by atoms with E-state index >= 15 is 0 Å². The summed E-state index contributed by atoms with van der Waals surface area (Å²) in [6.07, 6.45) is 2.96. The normalized spacial score (nSPS) is 5.00. The molecule has 0 aromatic carbocycles. The van der Waals surface area contributed by atoms with Gasteiger partial charge < -0.3 is 0 Å². The first-order chi connectivity index (χ1) is 1.91. The van der Waals surface area contributed by atoms with Crippen LogP contribution in [0.4, 0.5) is 0 Å². The first-order valence-corrected chi connectivity index (χ1v) is 1.52. The second-order valence-corrected chi connectivity index (χ2v) is 0.697. The molecule has 0 unspecified atom stereocenters. The van der Waals surface area contributed by atoms with Crippen molar-refractivity contribution in [3.8, 4) is 0 Å². The van der Waals surface area contributed by atoms with E-state index in [0.29, 0.717) is 0 Å². The van der Waals surface area contributed by atoms with Gasteiger partial charge in [0.1, 0.15) is 0 Å². The molecule has 0 rings (SSSR count). The van der Waals surface area contributed by atoms with E-state index in [0.717, 1.165) is 6.42 Å². The molecule has 0 saturated carbocycles. The van der Waals surface area contributed by atoms with Gasteiger partial charge in [-0.15, -0.1) is 30.6 Å². The van der Waals surface area contributed by atoms with Crippen molar-refractivity contribution in [1.29, 1.82) is 0 Å². The van der Waals surface area contributed by atoms with Gasteiger partial charge in [0.05, 0.1) is 0 Å². The Balaban J connectivity index is 0. The van der Waals surface area contributed by atoms with E-state index in [1.54, 1.807) is 0 Å². The van der Waals surface area contributed by atoms with E-state index in [4.69, 9.17) is 0 Å². The smallest absolute Gasteiger partial charge is 0.0382 e. The topological polar surface area (TPSA) is 0 Å². The van der Waals surface area contributed by atoms with Gasteiger partial charge in [-0.2, -0.15) is 0 Å². The summed E-state index contributed by atoms with van der Waals surface area (Å²) in [6.45, 7) is 5.54. The lowest BCUT2D eigenvalue weighted by Gasteiger charge is -1.57. The van der Waals surface area contributed by atoms with Crippen molar-refractivity contribution in [3.05, 3.63) is 12.7 Å². The van der Waals surface area contributed by atoms with Crippen LogP contribution in [0.2, 0.25) is 0 Å². The minimum atomic E-state index is 0. The molecular formula is C4H9I.